The summed E-state index contributed by atoms with van der Waals surface area (Å²) in [5, 5.41) is 0. The lowest BCUT2D eigenvalue weighted by atomic mass is 10.3. The molecule has 12 heteroatoms. The maximum atomic E-state index is 12.6. The molecule has 30 heavy (non-hydrogen) atoms. The van der Waals surface area contributed by atoms with E-state index in [4.69, 9.17) is 28.7 Å². The lowest BCUT2D eigenvalue weighted by molar-refractivity contribution is -0.0128. The zero-order valence-electron chi connectivity index (χ0n) is 16.7. The van der Waals surface area contributed by atoms with Gasteiger partial charge in [-0.1, -0.05) is 14.2 Å². The lowest BCUT2D eigenvalue weighted by Gasteiger charge is -2.14. The van der Waals surface area contributed by atoms with Crippen molar-refractivity contribution in [1.82, 2.24) is 14.2 Å². The highest BCUT2D eigenvalue weighted by Crippen LogP contribution is 2.15. The van der Waals surface area contributed by atoms with E-state index >= 15 is 0 Å². The molecule has 3 atom stereocenters. The summed E-state index contributed by atoms with van der Waals surface area (Å²) in [6, 6.07) is 0. The maximum absolute atomic E-state index is 12.6. The Morgan fingerprint density at radius 1 is 0.600 bits per heavy atom. The summed E-state index contributed by atoms with van der Waals surface area (Å²) in [5.41, 5.74) is -3.00. The third kappa shape index (κ3) is 5.86. The zero-order chi connectivity index (χ0) is 20.9. The van der Waals surface area contributed by atoms with Crippen LogP contribution in [0, 0.1) is 0 Å². The average Bonchev–Trinajstić information content (AvgIpc) is 3.58. The molecule has 168 valence electrons. The summed E-state index contributed by atoms with van der Waals surface area (Å²) in [7, 11) is 0. The molecule has 0 amide bonds. The number of aromatic nitrogens is 3. The second-order valence-corrected chi connectivity index (χ2v) is 7.52. The molecule has 0 aliphatic carbocycles. The number of hydrogen-bond donors (Lipinski definition) is 0. The molecular formula is C18H27N3O9. The van der Waals surface area contributed by atoms with Crippen LogP contribution in [0.4, 0.5) is 0 Å². The normalized spacial score (nSPS) is 23.8. The van der Waals surface area contributed by atoms with Crippen LogP contribution in [0.2, 0.25) is 0 Å². The minimum atomic E-state index is -0.999. The van der Waals surface area contributed by atoms with E-state index < -0.39 is 17.1 Å². The minimum absolute atomic E-state index is 0.116. The molecule has 3 aliphatic rings. The van der Waals surface area contributed by atoms with E-state index in [9.17, 15) is 14.4 Å². The molecule has 0 N–H and O–H groups in total. The van der Waals surface area contributed by atoms with Crippen LogP contribution in [0.1, 0.15) is 38.5 Å². The molecule has 0 saturated carbocycles. The molecular weight excluding hydrogens is 402 g/mol. The third-order valence-electron chi connectivity index (χ3n) is 4.92. The van der Waals surface area contributed by atoms with E-state index in [1.54, 1.807) is 0 Å². The van der Waals surface area contributed by atoms with Crippen molar-refractivity contribution in [2.75, 3.05) is 39.6 Å². The molecule has 12 nitrogen and oxygen atoms in total. The van der Waals surface area contributed by atoms with Gasteiger partial charge < -0.3 is 28.7 Å². The van der Waals surface area contributed by atoms with E-state index in [2.05, 4.69) is 0 Å². The Kier molecular flexibility index (Phi) is 6.75. The van der Waals surface area contributed by atoms with Crippen molar-refractivity contribution in [1.29, 1.82) is 0 Å². The van der Waals surface area contributed by atoms with Gasteiger partial charge in [0.25, 0.3) is 0 Å². The van der Waals surface area contributed by atoms with Gasteiger partial charge in [0.05, 0.1) is 38.1 Å². The predicted molar refractivity (Wildman–Crippen MR) is 100 cm³/mol. The first-order valence-corrected chi connectivity index (χ1v) is 10.4. The van der Waals surface area contributed by atoms with Gasteiger partial charge in [0.15, 0.2) is 0 Å². The molecule has 0 bridgehead atoms. The van der Waals surface area contributed by atoms with Crippen molar-refractivity contribution in [2.45, 2.75) is 56.8 Å². The summed E-state index contributed by atoms with van der Waals surface area (Å²) >= 11 is 0. The van der Waals surface area contributed by atoms with Gasteiger partial charge in [-0.2, -0.15) is 0 Å². The molecule has 0 radical (unpaired) electrons. The molecule has 1 aromatic rings. The molecule has 3 aliphatic heterocycles. The van der Waals surface area contributed by atoms with Crippen molar-refractivity contribution in [2.24, 2.45) is 0 Å². The molecule has 4 rings (SSSR count). The van der Waals surface area contributed by atoms with E-state index in [-0.39, 0.29) is 38.1 Å². The molecule has 4 heterocycles. The van der Waals surface area contributed by atoms with Gasteiger partial charge in [-0.25, -0.2) is 14.4 Å². The van der Waals surface area contributed by atoms with E-state index in [1.807, 2.05) is 0 Å². The van der Waals surface area contributed by atoms with Crippen LogP contribution < -0.4 is 31.6 Å². The molecule has 0 spiro atoms. The molecule has 3 unspecified atom stereocenters. The highest BCUT2D eigenvalue weighted by Gasteiger charge is 2.24. The first-order chi connectivity index (χ1) is 14.6. The van der Waals surface area contributed by atoms with Crippen molar-refractivity contribution in [3.63, 3.8) is 0 Å². The Hall–Kier alpha value is -2.31. The van der Waals surface area contributed by atoms with Crippen LogP contribution >= 0.6 is 0 Å². The van der Waals surface area contributed by atoms with E-state index in [0.29, 0.717) is 33.5 Å². The van der Waals surface area contributed by atoms with Gasteiger partial charge in [0, 0.05) is 0 Å². The number of epoxide rings is 3. The Morgan fingerprint density at radius 3 is 1.10 bits per heavy atom. The number of hydrogen-bond acceptors (Lipinski definition) is 9. The Morgan fingerprint density at radius 2 is 0.867 bits per heavy atom. The van der Waals surface area contributed by atoms with Crippen molar-refractivity contribution in [3.05, 3.63) is 31.5 Å². The molecule has 0 aromatic carbocycles. The third-order valence-corrected chi connectivity index (χ3v) is 4.92. The Balaban J connectivity index is 1.43. The summed E-state index contributed by atoms with van der Waals surface area (Å²) in [6.07, 6.45) is 4.74. The number of ether oxygens (including phenoxy) is 3. The van der Waals surface area contributed by atoms with Crippen LogP contribution in [-0.4, -0.2) is 72.1 Å². The summed E-state index contributed by atoms with van der Waals surface area (Å²) in [5.74, 6) is 0. The van der Waals surface area contributed by atoms with E-state index in [1.165, 1.54) is 0 Å². The standard InChI is InChI=1S/C18H27N3O9/c22-16-19(28-7-1-4-13-10-25-13)17(23)21(30-9-3-6-15-12-27-15)18(24)20(16)29-8-2-5-14-11-26-14/h13-15H,1-12H2. The molecule has 1 aromatic heterocycles. The lowest BCUT2D eigenvalue weighted by Crippen LogP contribution is -2.59. The fourth-order valence-electron chi connectivity index (χ4n) is 2.93. The van der Waals surface area contributed by atoms with Crippen LogP contribution in [0.5, 0.6) is 0 Å². The SMILES string of the molecule is O=c1n(OCCCC2CO2)c(=O)n(OCCCC2CO2)c(=O)n1OCCCC1CO1. The van der Waals surface area contributed by atoms with E-state index in [0.717, 1.165) is 39.1 Å². The largest absolute Gasteiger partial charge is 0.405 e. The highest BCUT2D eigenvalue weighted by atomic mass is 16.7. The van der Waals surface area contributed by atoms with Gasteiger partial charge in [-0.05, 0) is 38.5 Å². The fourth-order valence-corrected chi connectivity index (χ4v) is 2.93. The van der Waals surface area contributed by atoms with Gasteiger partial charge in [-0.15, -0.1) is 0 Å². The minimum Gasteiger partial charge on any atom is -0.405 e. The van der Waals surface area contributed by atoms with Gasteiger partial charge in [0.1, 0.15) is 19.8 Å². The molecule has 3 fully saturated rings. The Bertz CT molecular complexity index is 736. The monoisotopic (exact) mass is 429 g/mol. The van der Waals surface area contributed by atoms with Crippen LogP contribution in [0.25, 0.3) is 0 Å². The Labute approximate surface area is 171 Å². The van der Waals surface area contributed by atoms with Gasteiger partial charge in [-0.3, -0.25) is 0 Å². The zero-order valence-corrected chi connectivity index (χ0v) is 16.7. The number of rotatable bonds is 15. The summed E-state index contributed by atoms with van der Waals surface area (Å²) in [6.45, 7) is 2.51. The highest BCUT2D eigenvalue weighted by molar-refractivity contribution is 4.73. The van der Waals surface area contributed by atoms with Crippen molar-refractivity contribution in [3.8, 4) is 0 Å². The second-order valence-electron chi connectivity index (χ2n) is 7.52. The average molecular weight is 429 g/mol. The second kappa shape index (κ2) is 9.67. The van der Waals surface area contributed by atoms with Crippen molar-refractivity contribution < 1.29 is 28.7 Å². The first-order valence-electron chi connectivity index (χ1n) is 10.4. The predicted octanol–water partition coefficient (Wildman–Crippen LogP) is -2.01. The molecule has 3 saturated heterocycles. The maximum Gasteiger partial charge on any atom is 0.403 e. The topological polar surface area (TPSA) is 131 Å². The number of nitrogens with zero attached hydrogens (tertiary/aromatic N) is 3. The van der Waals surface area contributed by atoms with Crippen molar-refractivity contribution >= 4 is 0 Å². The van der Waals surface area contributed by atoms with Crippen LogP contribution in [-0.2, 0) is 14.2 Å². The first kappa shape index (κ1) is 20.9. The smallest absolute Gasteiger partial charge is 0.403 e. The summed E-state index contributed by atoms with van der Waals surface area (Å²) < 4.78 is 16.9. The van der Waals surface area contributed by atoms with Crippen LogP contribution in [0.3, 0.4) is 0 Å². The van der Waals surface area contributed by atoms with Gasteiger partial charge in [0.2, 0.25) is 0 Å². The fraction of sp³-hybridized carbons (Fsp3) is 0.833. The van der Waals surface area contributed by atoms with Gasteiger partial charge >= 0.3 is 17.1 Å². The van der Waals surface area contributed by atoms with Crippen LogP contribution in [0.15, 0.2) is 14.4 Å². The quantitative estimate of drug-likeness (QED) is 0.229. The summed E-state index contributed by atoms with van der Waals surface area (Å²) in [4.78, 5) is 53.9.